The Morgan fingerprint density at radius 2 is 2.42 bits per heavy atom. The second-order valence-electron chi connectivity index (χ2n) is 4.57. The molecule has 0 bridgehead atoms. The van der Waals surface area contributed by atoms with Crippen molar-refractivity contribution >= 4 is 0 Å². The first-order valence-electron chi connectivity index (χ1n) is 6.31. The Morgan fingerprint density at radius 1 is 1.63 bits per heavy atom. The van der Waals surface area contributed by atoms with E-state index in [4.69, 9.17) is 14.6 Å². The van der Waals surface area contributed by atoms with Crippen LogP contribution in [-0.2, 0) is 6.42 Å². The van der Waals surface area contributed by atoms with Crippen LogP contribution in [0.15, 0.2) is 12.1 Å². The third kappa shape index (κ3) is 2.80. The number of ether oxygens (including phenoxy) is 2. The number of aliphatic hydroxyl groups excluding tert-OH is 1. The van der Waals surface area contributed by atoms with Crippen molar-refractivity contribution in [2.75, 3.05) is 20.3 Å². The lowest BCUT2D eigenvalue weighted by Gasteiger charge is -2.16. The third-order valence-corrected chi connectivity index (χ3v) is 3.15. The van der Waals surface area contributed by atoms with Crippen molar-refractivity contribution in [3.05, 3.63) is 23.3 Å². The molecule has 0 spiro atoms. The third-order valence-electron chi connectivity index (χ3n) is 3.15. The van der Waals surface area contributed by atoms with Gasteiger partial charge in [-0.3, -0.25) is 5.32 Å². The number of fused-ring (bicyclic) bond motifs is 1. The minimum atomic E-state index is -0.521. The van der Waals surface area contributed by atoms with Gasteiger partial charge in [-0.05, 0) is 19.1 Å². The minimum Gasteiger partial charge on any atom is -0.496 e. The molecule has 2 atom stereocenters. The monoisotopic (exact) mass is 262 g/mol. The summed E-state index contributed by atoms with van der Waals surface area (Å²) in [4.78, 5) is 0. The minimum absolute atomic E-state index is 0.0149. The molecule has 2 N–H and O–H groups in total. The van der Waals surface area contributed by atoms with E-state index in [-0.39, 0.29) is 12.7 Å². The van der Waals surface area contributed by atoms with Crippen LogP contribution in [0.4, 0.5) is 0 Å². The molecule has 5 heteroatoms. The van der Waals surface area contributed by atoms with Crippen LogP contribution in [-0.4, -0.2) is 31.5 Å². The molecular formula is C14H18N2O3. The Hall–Kier alpha value is -1.77. The smallest absolute Gasteiger partial charge is 0.125 e. The number of hydrogen-bond acceptors (Lipinski definition) is 5. The Labute approximate surface area is 112 Å². The van der Waals surface area contributed by atoms with Crippen LogP contribution in [0.1, 0.15) is 24.1 Å². The molecule has 0 saturated carbocycles. The molecule has 1 aliphatic heterocycles. The van der Waals surface area contributed by atoms with Crippen LogP contribution >= 0.6 is 0 Å². The molecule has 2 rings (SSSR count). The molecule has 5 nitrogen and oxygen atoms in total. The van der Waals surface area contributed by atoms with E-state index in [1.165, 1.54) is 0 Å². The second kappa shape index (κ2) is 5.91. The van der Waals surface area contributed by atoms with Gasteiger partial charge in [-0.25, -0.2) is 0 Å². The second-order valence-corrected chi connectivity index (χ2v) is 4.57. The first-order valence-corrected chi connectivity index (χ1v) is 6.31. The summed E-state index contributed by atoms with van der Waals surface area (Å²) < 4.78 is 11.1. The summed E-state index contributed by atoms with van der Waals surface area (Å²) in [5, 5.41) is 21.0. The molecule has 0 aliphatic carbocycles. The maximum atomic E-state index is 9.24. The molecule has 0 radical (unpaired) electrons. The number of aliphatic hydroxyl groups is 1. The van der Waals surface area contributed by atoms with Gasteiger partial charge < -0.3 is 14.6 Å². The maximum Gasteiger partial charge on any atom is 0.125 e. The summed E-state index contributed by atoms with van der Waals surface area (Å²) in [5.74, 6) is 1.49. The fourth-order valence-electron chi connectivity index (χ4n) is 2.29. The van der Waals surface area contributed by atoms with Gasteiger partial charge in [-0.1, -0.05) is 0 Å². The molecule has 102 valence electrons. The number of nitriles is 1. The van der Waals surface area contributed by atoms with Crippen LogP contribution < -0.4 is 14.8 Å². The number of rotatable bonds is 5. The number of hydrogen-bond donors (Lipinski definition) is 2. The van der Waals surface area contributed by atoms with Crippen molar-refractivity contribution < 1.29 is 14.6 Å². The van der Waals surface area contributed by atoms with Gasteiger partial charge in [0.2, 0.25) is 0 Å². The lowest BCUT2D eigenvalue weighted by molar-refractivity contribution is 0.254. The zero-order chi connectivity index (χ0) is 13.8. The van der Waals surface area contributed by atoms with Gasteiger partial charge in [0.25, 0.3) is 0 Å². The number of benzene rings is 1. The van der Waals surface area contributed by atoms with E-state index in [0.29, 0.717) is 12.3 Å². The quantitative estimate of drug-likeness (QED) is 0.833. The van der Waals surface area contributed by atoms with Crippen LogP contribution in [0, 0.1) is 11.3 Å². The fourth-order valence-corrected chi connectivity index (χ4v) is 2.29. The van der Waals surface area contributed by atoms with Gasteiger partial charge in [0.15, 0.2) is 0 Å². The molecular weight excluding hydrogens is 244 g/mol. The SMILES string of the molecule is COc1cc2c(cc1C(C#N)NCCO)OC(C)C2. The molecule has 1 aromatic carbocycles. The zero-order valence-corrected chi connectivity index (χ0v) is 11.1. The van der Waals surface area contributed by atoms with E-state index in [2.05, 4.69) is 11.4 Å². The standard InChI is InChI=1S/C14H18N2O3/c1-9-5-10-6-14(18-2)11(7-13(10)19-9)12(8-15)16-3-4-17/h6-7,9,12,16-17H,3-5H2,1-2H3. The summed E-state index contributed by atoms with van der Waals surface area (Å²) >= 11 is 0. The van der Waals surface area contributed by atoms with Crippen LogP contribution in [0.25, 0.3) is 0 Å². The Kier molecular flexibility index (Phi) is 4.25. The zero-order valence-electron chi connectivity index (χ0n) is 11.1. The summed E-state index contributed by atoms with van der Waals surface area (Å²) in [6.07, 6.45) is 1.01. The summed E-state index contributed by atoms with van der Waals surface area (Å²) in [7, 11) is 1.59. The predicted molar refractivity (Wildman–Crippen MR) is 70.2 cm³/mol. The van der Waals surface area contributed by atoms with E-state index in [0.717, 1.165) is 23.3 Å². The van der Waals surface area contributed by atoms with Crippen LogP contribution in [0.5, 0.6) is 11.5 Å². The van der Waals surface area contributed by atoms with E-state index in [1.807, 2.05) is 19.1 Å². The molecule has 0 amide bonds. The van der Waals surface area contributed by atoms with E-state index in [1.54, 1.807) is 7.11 Å². The van der Waals surface area contributed by atoms with Gasteiger partial charge in [0.05, 0.1) is 19.8 Å². The molecule has 2 unspecified atom stereocenters. The predicted octanol–water partition coefficient (Wildman–Crippen LogP) is 1.17. The number of nitrogens with zero attached hydrogens (tertiary/aromatic N) is 1. The van der Waals surface area contributed by atoms with Crippen molar-refractivity contribution in [1.29, 1.82) is 5.26 Å². The molecule has 1 heterocycles. The van der Waals surface area contributed by atoms with Crippen molar-refractivity contribution in [2.24, 2.45) is 0 Å². The molecule has 0 fully saturated rings. The molecule has 1 aliphatic rings. The average molecular weight is 262 g/mol. The average Bonchev–Trinajstić information content (AvgIpc) is 2.77. The topological polar surface area (TPSA) is 74.5 Å². The lowest BCUT2D eigenvalue weighted by atomic mass is 10.0. The van der Waals surface area contributed by atoms with Gasteiger partial charge in [-0.2, -0.15) is 5.26 Å². The highest BCUT2D eigenvalue weighted by atomic mass is 16.5. The first-order chi connectivity index (χ1) is 9.19. The van der Waals surface area contributed by atoms with Gasteiger partial charge in [0.1, 0.15) is 23.6 Å². The Morgan fingerprint density at radius 3 is 3.05 bits per heavy atom. The molecule has 1 aromatic rings. The highest BCUT2D eigenvalue weighted by molar-refractivity contribution is 5.51. The normalized spacial score (nSPS) is 18.3. The Bertz CT molecular complexity index is 496. The van der Waals surface area contributed by atoms with E-state index < -0.39 is 6.04 Å². The van der Waals surface area contributed by atoms with Gasteiger partial charge in [-0.15, -0.1) is 0 Å². The Balaban J connectivity index is 2.34. The molecule has 19 heavy (non-hydrogen) atoms. The number of nitrogens with one attached hydrogen (secondary N) is 1. The van der Waals surface area contributed by atoms with E-state index in [9.17, 15) is 5.26 Å². The lowest BCUT2D eigenvalue weighted by Crippen LogP contribution is -2.23. The summed E-state index contributed by atoms with van der Waals surface area (Å²) in [6.45, 7) is 2.35. The van der Waals surface area contributed by atoms with Crippen molar-refractivity contribution in [1.82, 2.24) is 5.32 Å². The first kappa shape index (κ1) is 13.7. The van der Waals surface area contributed by atoms with Crippen molar-refractivity contribution in [2.45, 2.75) is 25.5 Å². The molecule has 0 saturated heterocycles. The largest absolute Gasteiger partial charge is 0.496 e. The fraction of sp³-hybridized carbons (Fsp3) is 0.500. The van der Waals surface area contributed by atoms with Gasteiger partial charge >= 0.3 is 0 Å². The van der Waals surface area contributed by atoms with E-state index >= 15 is 0 Å². The highest BCUT2D eigenvalue weighted by Crippen LogP contribution is 2.37. The van der Waals surface area contributed by atoms with Crippen LogP contribution in [0.3, 0.4) is 0 Å². The molecule has 0 aromatic heterocycles. The highest BCUT2D eigenvalue weighted by Gasteiger charge is 2.24. The maximum absolute atomic E-state index is 9.24. The van der Waals surface area contributed by atoms with Gasteiger partial charge in [0, 0.05) is 24.1 Å². The van der Waals surface area contributed by atoms with Crippen molar-refractivity contribution in [3.63, 3.8) is 0 Å². The summed E-state index contributed by atoms with van der Waals surface area (Å²) in [6, 6.07) is 5.44. The van der Waals surface area contributed by atoms with Crippen LogP contribution in [0.2, 0.25) is 0 Å². The van der Waals surface area contributed by atoms with Crippen molar-refractivity contribution in [3.8, 4) is 17.6 Å². The summed E-state index contributed by atoms with van der Waals surface area (Å²) in [5.41, 5.74) is 1.85. The number of methoxy groups -OCH3 is 1.